The molecule has 4 aromatic rings. The molecule has 0 spiro atoms. The number of fused-ring (bicyclic) bond motifs is 2. The Balaban J connectivity index is 1.62. The number of nitrogens with two attached hydrogens (primary N) is 1. The number of nitrogens with zero attached hydrogens (tertiary/aromatic N) is 5. The largest absolute Gasteiger partial charge is 0.494 e. The van der Waals surface area contributed by atoms with Gasteiger partial charge in [-0.3, -0.25) is 9.30 Å². The van der Waals surface area contributed by atoms with Crippen molar-refractivity contribution in [1.82, 2.24) is 24.5 Å². The molecule has 34 heavy (non-hydrogen) atoms. The predicted octanol–water partition coefficient (Wildman–Crippen LogP) is 4.12. The molecular weight excluding hydrogens is 452 g/mol. The van der Waals surface area contributed by atoms with Gasteiger partial charge in [-0.1, -0.05) is 12.1 Å². The van der Waals surface area contributed by atoms with E-state index >= 15 is 0 Å². The lowest BCUT2D eigenvalue weighted by Gasteiger charge is -2.31. The SMILES string of the molecule is COc1cc(F)cc2ccc(-c3nnc4ccc(C(N5CCC(C)(N)C5)C(F)(F)F)cn34)nc12. The third kappa shape index (κ3) is 3.94. The van der Waals surface area contributed by atoms with Crippen LogP contribution < -0.4 is 10.5 Å². The smallest absolute Gasteiger partial charge is 0.408 e. The first-order chi connectivity index (χ1) is 16.1. The number of hydrogen-bond acceptors (Lipinski definition) is 6. The van der Waals surface area contributed by atoms with E-state index in [9.17, 15) is 17.6 Å². The summed E-state index contributed by atoms with van der Waals surface area (Å²) in [6.07, 6.45) is -2.63. The van der Waals surface area contributed by atoms with Crippen LogP contribution in [0.5, 0.6) is 5.75 Å². The van der Waals surface area contributed by atoms with Crippen molar-refractivity contribution in [2.24, 2.45) is 5.73 Å². The molecule has 7 nitrogen and oxygen atoms in total. The summed E-state index contributed by atoms with van der Waals surface area (Å²) in [5.74, 6) is 0.0312. The minimum atomic E-state index is -4.50. The van der Waals surface area contributed by atoms with E-state index in [1.165, 1.54) is 46.9 Å². The lowest BCUT2D eigenvalue weighted by Crippen LogP contribution is -2.43. The highest BCUT2D eigenvalue weighted by Crippen LogP contribution is 2.41. The summed E-state index contributed by atoms with van der Waals surface area (Å²) in [7, 11) is 1.41. The average Bonchev–Trinajstić information content (AvgIpc) is 3.34. The standard InChI is InChI=1S/C23H22F4N6O/c1-22(28)7-8-32(12-22)20(23(25,26)27)14-4-6-18-30-31-21(33(18)11-14)16-5-3-13-9-15(24)10-17(34-2)19(13)29-16/h3-6,9-11,20H,7-8,12,28H2,1-2H3. The summed E-state index contributed by atoms with van der Waals surface area (Å²) in [5.41, 5.74) is 6.62. The van der Waals surface area contributed by atoms with Gasteiger partial charge in [-0.2, -0.15) is 13.2 Å². The molecule has 0 aliphatic carbocycles. The summed E-state index contributed by atoms with van der Waals surface area (Å²) < 4.78 is 63.1. The van der Waals surface area contributed by atoms with Crippen molar-refractivity contribution < 1.29 is 22.3 Å². The fourth-order valence-corrected chi connectivity index (χ4v) is 4.54. The fourth-order valence-electron chi connectivity index (χ4n) is 4.54. The zero-order valence-electron chi connectivity index (χ0n) is 18.5. The van der Waals surface area contributed by atoms with Crippen molar-refractivity contribution in [3.8, 4) is 17.3 Å². The third-order valence-electron chi connectivity index (χ3n) is 6.12. The molecular formula is C23H22F4N6O. The van der Waals surface area contributed by atoms with Crippen LogP contribution in [0.1, 0.15) is 24.9 Å². The molecule has 2 unspecified atom stereocenters. The van der Waals surface area contributed by atoms with Gasteiger partial charge in [0.15, 0.2) is 11.5 Å². The highest BCUT2D eigenvalue weighted by Gasteiger charge is 2.48. The van der Waals surface area contributed by atoms with Gasteiger partial charge in [-0.25, -0.2) is 9.37 Å². The van der Waals surface area contributed by atoms with Gasteiger partial charge in [0.2, 0.25) is 0 Å². The molecule has 2 N–H and O–H groups in total. The van der Waals surface area contributed by atoms with E-state index in [0.29, 0.717) is 28.7 Å². The Morgan fingerprint density at radius 1 is 1.15 bits per heavy atom. The first kappa shape index (κ1) is 22.5. The number of aromatic nitrogens is 4. The maximum atomic E-state index is 14.2. The van der Waals surface area contributed by atoms with Crippen molar-refractivity contribution in [1.29, 1.82) is 0 Å². The number of pyridine rings is 2. The van der Waals surface area contributed by atoms with Crippen LogP contribution in [-0.4, -0.2) is 56.4 Å². The molecule has 0 saturated carbocycles. The van der Waals surface area contributed by atoms with Gasteiger partial charge in [0.05, 0.1) is 7.11 Å². The second kappa shape index (κ2) is 7.88. The minimum absolute atomic E-state index is 0.0548. The van der Waals surface area contributed by atoms with Gasteiger partial charge in [0, 0.05) is 36.3 Å². The van der Waals surface area contributed by atoms with Crippen LogP contribution >= 0.6 is 0 Å². The van der Waals surface area contributed by atoms with Crippen LogP contribution in [-0.2, 0) is 0 Å². The Morgan fingerprint density at radius 3 is 2.62 bits per heavy atom. The number of likely N-dealkylation sites (tertiary alicyclic amines) is 1. The third-order valence-corrected chi connectivity index (χ3v) is 6.12. The fraction of sp³-hybridized carbons (Fsp3) is 0.348. The molecule has 1 aliphatic heterocycles. The van der Waals surface area contributed by atoms with Crippen LogP contribution in [0.2, 0.25) is 0 Å². The lowest BCUT2D eigenvalue weighted by molar-refractivity contribution is -0.184. The van der Waals surface area contributed by atoms with Gasteiger partial charge in [0.1, 0.15) is 28.8 Å². The van der Waals surface area contributed by atoms with Crippen molar-refractivity contribution in [3.05, 3.63) is 54.0 Å². The minimum Gasteiger partial charge on any atom is -0.494 e. The Kier molecular flexibility index (Phi) is 5.21. The monoisotopic (exact) mass is 474 g/mol. The van der Waals surface area contributed by atoms with E-state index in [4.69, 9.17) is 10.5 Å². The van der Waals surface area contributed by atoms with E-state index in [-0.39, 0.29) is 30.2 Å². The molecule has 1 fully saturated rings. The van der Waals surface area contributed by atoms with E-state index in [0.717, 1.165) is 0 Å². The number of halogens is 4. The van der Waals surface area contributed by atoms with E-state index in [1.807, 2.05) is 0 Å². The number of ether oxygens (including phenoxy) is 1. The van der Waals surface area contributed by atoms with Crippen LogP contribution in [0.4, 0.5) is 17.6 Å². The molecule has 5 rings (SSSR count). The van der Waals surface area contributed by atoms with E-state index in [2.05, 4.69) is 15.2 Å². The van der Waals surface area contributed by atoms with Crippen molar-refractivity contribution in [2.75, 3.05) is 20.2 Å². The van der Waals surface area contributed by atoms with Crippen molar-refractivity contribution >= 4 is 16.6 Å². The summed E-state index contributed by atoms with van der Waals surface area (Å²) in [4.78, 5) is 5.90. The topological polar surface area (TPSA) is 81.6 Å². The molecule has 178 valence electrons. The molecule has 3 aromatic heterocycles. The number of benzene rings is 1. The van der Waals surface area contributed by atoms with E-state index < -0.39 is 23.6 Å². The Morgan fingerprint density at radius 2 is 1.94 bits per heavy atom. The van der Waals surface area contributed by atoms with Crippen LogP contribution in [0, 0.1) is 5.82 Å². The number of rotatable bonds is 4. The number of methoxy groups -OCH3 is 1. The van der Waals surface area contributed by atoms with Gasteiger partial charge < -0.3 is 10.5 Å². The second-order valence-corrected chi connectivity index (χ2v) is 8.91. The second-order valence-electron chi connectivity index (χ2n) is 8.91. The zero-order chi connectivity index (χ0) is 24.3. The molecule has 0 bridgehead atoms. The maximum absolute atomic E-state index is 14.2. The first-order valence-corrected chi connectivity index (χ1v) is 10.6. The molecule has 11 heteroatoms. The normalized spacial score (nSPS) is 20.3. The number of hydrogen-bond donors (Lipinski definition) is 1. The Hall–Kier alpha value is -3.31. The van der Waals surface area contributed by atoms with Crippen molar-refractivity contribution in [3.63, 3.8) is 0 Å². The quantitative estimate of drug-likeness (QED) is 0.448. The Bertz CT molecular complexity index is 1380. The highest BCUT2D eigenvalue weighted by molar-refractivity contribution is 5.86. The van der Waals surface area contributed by atoms with Gasteiger partial charge in [0.25, 0.3) is 0 Å². The molecule has 1 aromatic carbocycles. The first-order valence-electron chi connectivity index (χ1n) is 10.6. The molecule has 1 aliphatic rings. The highest BCUT2D eigenvalue weighted by atomic mass is 19.4. The lowest BCUT2D eigenvalue weighted by atomic mass is 10.0. The van der Waals surface area contributed by atoms with Crippen LogP contribution in [0.15, 0.2) is 42.6 Å². The van der Waals surface area contributed by atoms with Crippen LogP contribution in [0.3, 0.4) is 0 Å². The summed E-state index contributed by atoms with van der Waals surface area (Å²) >= 11 is 0. The Labute approximate surface area is 192 Å². The summed E-state index contributed by atoms with van der Waals surface area (Å²) in [6.45, 7) is 2.13. The summed E-state index contributed by atoms with van der Waals surface area (Å²) in [5, 5.41) is 8.75. The molecule has 0 amide bonds. The zero-order valence-corrected chi connectivity index (χ0v) is 18.5. The van der Waals surface area contributed by atoms with Crippen molar-refractivity contribution in [2.45, 2.75) is 31.1 Å². The molecule has 2 atom stereocenters. The number of alkyl halides is 3. The summed E-state index contributed by atoms with van der Waals surface area (Å²) in [6, 6.07) is 6.91. The molecule has 0 radical (unpaired) electrons. The molecule has 1 saturated heterocycles. The van der Waals surface area contributed by atoms with E-state index in [1.54, 1.807) is 19.1 Å². The average molecular weight is 474 g/mol. The van der Waals surface area contributed by atoms with Crippen LogP contribution in [0.25, 0.3) is 28.1 Å². The predicted molar refractivity (Wildman–Crippen MR) is 118 cm³/mol. The van der Waals surface area contributed by atoms with Gasteiger partial charge in [-0.15, -0.1) is 10.2 Å². The van der Waals surface area contributed by atoms with Gasteiger partial charge in [-0.05, 0) is 37.1 Å². The van der Waals surface area contributed by atoms with Gasteiger partial charge >= 0.3 is 6.18 Å². The maximum Gasteiger partial charge on any atom is 0.408 e. The molecule has 4 heterocycles.